The van der Waals surface area contributed by atoms with Gasteiger partial charge in [0.2, 0.25) is 0 Å². The summed E-state index contributed by atoms with van der Waals surface area (Å²) in [7, 11) is 0. The lowest BCUT2D eigenvalue weighted by molar-refractivity contribution is -0.385. The predicted octanol–water partition coefficient (Wildman–Crippen LogP) is 3.69. The van der Waals surface area contributed by atoms with Crippen LogP contribution in [0.15, 0.2) is 71.3 Å². The van der Waals surface area contributed by atoms with Gasteiger partial charge in [0.15, 0.2) is 5.76 Å². The van der Waals surface area contributed by atoms with E-state index in [4.69, 9.17) is 4.42 Å². The van der Waals surface area contributed by atoms with Crippen LogP contribution in [0.1, 0.15) is 20.9 Å². The van der Waals surface area contributed by atoms with Gasteiger partial charge in [-0.2, -0.15) is 0 Å². The zero-order valence-corrected chi connectivity index (χ0v) is 13.3. The molecule has 0 saturated carbocycles. The number of anilines is 2. The number of amides is 2. The lowest BCUT2D eigenvalue weighted by atomic mass is 10.1. The Balaban J connectivity index is 1.76. The lowest BCUT2D eigenvalue weighted by Gasteiger charge is -2.08. The maximum absolute atomic E-state index is 12.3. The average Bonchev–Trinajstić information content (AvgIpc) is 3.17. The number of rotatable bonds is 5. The summed E-state index contributed by atoms with van der Waals surface area (Å²) < 4.78 is 5.01. The van der Waals surface area contributed by atoms with Crippen LogP contribution in [-0.4, -0.2) is 16.7 Å². The molecule has 2 N–H and O–H groups in total. The first-order valence-electron chi connectivity index (χ1n) is 7.54. The summed E-state index contributed by atoms with van der Waals surface area (Å²) in [6.45, 7) is 0. The van der Waals surface area contributed by atoms with E-state index in [9.17, 15) is 19.7 Å². The van der Waals surface area contributed by atoms with Crippen molar-refractivity contribution in [1.29, 1.82) is 0 Å². The third kappa shape index (κ3) is 3.75. The highest BCUT2D eigenvalue weighted by Crippen LogP contribution is 2.21. The maximum atomic E-state index is 12.3. The van der Waals surface area contributed by atoms with Crippen molar-refractivity contribution < 1.29 is 18.9 Å². The SMILES string of the molecule is O=C(Nc1cccc(NC(=O)c2ccccc2[N+](=O)[O-])c1)c1ccco1. The van der Waals surface area contributed by atoms with E-state index in [2.05, 4.69) is 10.6 Å². The summed E-state index contributed by atoms with van der Waals surface area (Å²) in [4.78, 5) is 34.7. The van der Waals surface area contributed by atoms with Gasteiger partial charge in [-0.25, -0.2) is 0 Å². The monoisotopic (exact) mass is 351 g/mol. The first-order valence-corrected chi connectivity index (χ1v) is 7.54. The summed E-state index contributed by atoms with van der Waals surface area (Å²) >= 11 is 0. The molecule has 130 valence electrons. The summed E-state index contributed by atoms with van der Waals surface area (Å²) in [6.07, 6.45) is 1.39. The number of benzene rings is 2. The molecule has 1 heterocycles. The largest absolute Gasteiger partial charge is 0.459 e. The highest BCUT2D eigenvalue weighted by atomic mass is 16.6. The van der Waals surface area contributed by atoms with Gasteiger partial charge in [0.1, 0.15) is 5.56 Å². The Hall–Kier alpha value is -3.94. The van der Waals surface area contributed by atoms with Crippen molar-refractivity contribution in [3.63, 3.8) is 0 Å². The molecular formula is C18H13N3O5. The molecule has 2 amide bonds. The molecule has 3 rings (SSSR count). The second kappa shape index (κ2) is 7.31. The highest BCUT2D eigenvalue weighted by molar-refractivity contribution is 6.07. The highest BCUT2D eigenvalue weighted by Gasteiger charge is 2.19. The van der Waals surface area contributed by atoms with E-state index in [1.165, 1.54) is 36.6 Å². The molecule has 3 aromatic rings. The maximum Gasteiger partial charge on any atom is 0.291 e. The van der Waals surface area contributed by atoms with Gasteiger partial charge >= 0.3 is 0 Å². The van der Waals surface area contributed by atoms with E-state index in [1.54, 1.807) is 30.3 Å². The topological polar surface area (TPSA) is 114 Å². The Morgan fingerprint density at radius 2 is 1.58 bits per heavy atom. The van der Waals surface area contributed by atoms with E-state index < -0.39 is 16.7 Å². The minimum atomic E-state index is -0.619. The molecule has 26 heavy (non-hydrogen) atoms. The third-order valence-electron chi connectivity index (χ3n) is 3.47. The molecule has 2 aromatic carbocycles. The normalized spacial score (nSPS) is 10.2. The molecular weight excluding hydrogens is 338 g/mol. The summed E-state index contributed by atoms with van der Waals surface area (Å²) in [5, 5.41) is 16.3. The van der Waals surface area contributed by atoms with Crippen molar-refractivity contribution in [1.82, 2.24) is 0 Å². The minimum absolute atomic E-state index is 0.0532. The molecule has 0 aliphatic heterocycles. The first kappa shape index (κ1) is 16.9. The number of hydrogen-bond acceptors (Lipinski definition) is 5. The van der Waals surface area contributed by atoms with Crippen LogP contribution in [0.5, 0.6) is 0 Å². The number of carbonyl (C=O) groups is 2. The Morgan fingerprint density at radius 1 is 0.885 bits per heavy atom. The summed E-state index contributed by atoms with van der Waals surface area (Å²) in [5.74, 6) is -0.900. The van der Waals surface area contributed by atoms with Crippen LogP contribution < -0.4 is 10.6 Å². The lowest BCUT2D eigenvalue weighted by Crippen LogP contribution is -2.15. The van der Waals surface area contributed by atoms with Crippen molar-refractivity contribution in [2.24, 2.45) is 0 Å². The number of nitro groups is 1. The number of para-hydroxylation sites is 1. The summed E-state index contributed by atoms with van der Waals surface area (Å²) in [6, 6.07) is 15.2. The van der Waals surface area contributed by atoms with E-state index in [1.807, 2.05) is 0 Å². The van der Waals surface area contributed by atoms with E-state index in [0.717, 1.165) is 0 Å². The number of hydrogen-bond donors (Lipinski definition) is 2. The zero-order valence-electron chi connectivity index (χ0n) is 13.3. The average molecular weight is 351 g/mol. The number of nitrogens with zero attached hydrogens (tertiary/aromatic N) is 1. The summed E-state index contributed by atoms with van der Waals surface area (Å²) in [5.41, 5.74) is 0.479. The van der Waals surface area contributed by atoms with Crippen LogP contribution in [0.2, 0.25) is 0 Å². The van der Waals surface area contributed by atoms with E-state index in [-0.39, 0.29) is 17.0 Å². The number of furan rings is 1. The van der Waals surface area contributed by atoms with Gasteiger partial charge in [-0.15, -0.1) is 0 Å². The van der Waals surface area contributed by atoms with Gasteiger partial charge in [0, 0.05) is 17.4 Å². The van der Waals surface area contributed by atoms with Crippen LogP contribution in [0.25, 0.3) is 0 Å². The Bertz CT molecular complexity index is 966. The van der Waals surface area contributed by atoms with Crippen molar-refractivity contribution in [2.75, 3.05) is 10.6 Å². The van der Waals surface area contributed by atoms with Crippen molar-refractivity contribution >= 4 is 28.9 Å². The van der Waals surface area contributed by atoms with Gasteiger partial charge in [-0.05, 0) is 36.4 Å². The predicted molar refractivity (Wildman–Crippen MR) is 94.2 cm³/mol. The number of nitrogens with one attached hydrogen (secondary N) is 2. The van der Waals surface area contributed by atoms with Crippen LogP contribution in [0.4, 0.5) is 17.1 Å². The quantitative estimate of drug-likeness (QED) is 0.537. The molecule has 0 bridgehead atoms. The minimum Gasteiger partial charge on any atom is -0.459 e. The molecule has 0 radical (unpaired) electrons. The zero-order chi connectivity index (χ0) is 18.5. The van der Waals surface area contributed by atoms with Crippen LogP contribution in [0.3, 0.4) is 0 Å². The molecule has 8 heteroatoms. The van der Waals surface area contributed by atoms with Crippen molar-refractivity contribution in [3.8, 4) is 0 Å². The van der Waals surface area contributed by atoms with E-state index in [0.29, 0.717) is 11.4 Å². The molecule has 0 spiro atoms. The van der Waals surface area contributed by atoms with Gasteiger partial charge < -0.3 is 15.1 Å². The second-order valence-electron chi connectivity index (χ2n) is 5.24. The van der Waals surface area contributed by atoms with Crippen molar-refractivity contribution in [2.45, 2.75) is 0 Å². The molecule has 0 fully saturated rings. The van der Waals surface area contributed by atoms with Crippen LogP contribution in [0, 0.1) is 10.1 Å². The van der Waals surface area contributed by atoms with Crippen molar-refractivity contribution in [3.05, 3.63) is 88.4 Å². The van der Waals surface area contributed by atoms with Gasteiger partial charge in [-0.1, -0.05) is 18.2 Å². The molecule has 8 nitrogen and oxygen atoms in total. The molecule has 0 unspecified atom stereocenters. The van der Waals surface area contributed by atoms with Gasteiger partial charge in [-0.3, -0.25) is 19.7 Å². The molecule has 0 aliphatic carbocycles. The fourth-order valence-corrected chi connectivity index (χ4v) is 2.30. The smallest absolute Gasteiger partial charge is 0.291 e. The third-order valence-corrected chi connectivity index (χ3v) is 3.47. The van der Waals surface area contributed by atoms with Crippen LogP contribution >= 0.6 is 0 Å². The van der Waals surface area contributed by atoms with Gasteiger partial charge in [0.25, 0.3) is 17.5 Å². The standard InChI is InChI=1S/C18H13N3O5/c22-17(14-7-1-2-8-15(14)21(24)25)19-12-5-3-6-13(11-12)20-18(23)16-9-4-10-26-16/h1-11H,(H,19,22)(H,20,23). The fraction of sp³-hybridized carbons (Fsp3) is 0. The Kier molecular flexibility index (Phi) is 4.75. The van der Waals surface area contributed by atoms with Crippen LogP contribution in [-0.2, 0) is 0 Å². The first-order chi connectivity index (χ1) is 12.5. The molecule has 0 saturated heterocycles. The Morgan fingerprint density at radius 3 is 2.23 bits per heavy atom. The van der Waals surface area contributed by atoms with Gasteiger partial charge in [0.05, 0.1) is 11.2 Å². The molecule has 0 aliphatic rings. The number of nitro benzene ring substituents is 1. The molecule has 0 atom stereocenters. The fourth-order valence-electron chi connectivity index (χ4n) is 2.30. The van der Waals surface area contributed by atoms with E-state index >= 15 is 0 Å². The number of carbonyl (C=O) groups excluding carboxylic acids is 2. The Labute approximate surface area is 147 Å². The molecule has 1 aromatic heterocycles. The second-order valence-corrected chi connectivity index (χ2v) is 5.24.